The highest BCUT2D eigenvalue weighted by Gasteiger charge is 2.23. The van der Waals surface area contributed by atoms with Crippen molar-refractivity contribution in [1.82, 2.24) is 9.47 Å². The molecule has 0 radical (unpaired) electrons. The number of aryl methyl sites for hydroxylation is 1. The number of carbonyl (C=O) groups is 1. The van der Waals surface area contributed by atoms with E-state index < -0.39 is 0 Å². The smallest absolute Gasteiger partial charge is 0.270 e. The van der Waals surface area contributed by atoms with Crippen LogP contribution in [-0.4, -0.2) is 39.7 Å². The Balaban J connectivity index is 2.06. The summed E-state index contributed by atoms with van der Waals surface area (Å²) in [6.45, 7) is 4.31. The standard InChI is InChI=1S/C13H20N2O2/c1-2-7-14-8-3-4-12(14)13(17)15-9-5-11(16)6-10-15/h3-4,8,11,16H,2,5-7,9-10H2,1H3. The van der Waals surface area contributed by atoms with Crippen molar-refractivity contribution in [1.29, 1.82) is 0 Å². The zero-order chi connectivity index (χ0) is 12.3. The maximum absolute atomic E-state index is 12.3. The van der Waals surface area contributed by atoms with Crippen LogP contribution in [0.15, 0.2) is 18.3 Å². The Morgan fingerprint density at radius 1 is 1.47 bits per heavy atom. The van der Waals surface area contributed by atoms with Gasteiger partial charge in [0.25, 0.3) is 5.91 Å². The molecule has 0 atom stereocenters. The Hall–Kier alpha value is -1.29. The molecule has 0 saturated carbocycles. The summed E-state index contributed by atoms with van der Waals surface area (Å²) in [4.78, 5) is 14.1. The number of rotatable bonds is 3. The molecule has 17 heavy (non-hydrogen) atoms. The summed E-state index contributed by atoms with van der Waals surface area (Å²) in [5, 5.41) is 9.43. The number of aliphatic hydroxyl groups is 1. The molecule has 1 amide bonds. The van der Waals surface area contributed by atoms with Gasteiger partial charge < -0.3 is 14.6 Å². The summed E-state index contributed by atoms with van der Waals surface area (Å²) >= 11 is 0. The first-order valence-electron chi connectivity index (χ1n) is 6.35. The Morgan fingerprint density at radius 3 is 2.82 bits per heavy atom. The van der Waals surface area contributed by atoms with Crippen LogP contribution in [0, 0.1) is 0 Å². The molecule has 2 rings (SSSR count). The first-order chi connectivity index (χ1) is 8.22. The van der Waals surface area contributed by atoms with E-state index in [0.29, 0.717) is 25.9 Å². The molecule has 0 unspecified atom stereocenters. The highest BCUT2D eigenvalue weighted by Crippen LogP contribution is 2.14. The van der Waals surface area contributed by atoms with Gasteiger partial charge in [0.1, 0.15) is 5.69 Å². The van der Waals surface area contributed by atoms with E-state index in [1.54, 1.807) is 0 Å². The fourth-order valence-electron chi connectivity index (χ4n) is 2.28. The lowest BCUT2D eigenvalue weighted by molar-refractivity contribution is 0.0537. The summed E-state index contributed by atoms with van der Waals surface area (Å²) in [5.41, 5.74) is 0.767. The molecular formula is C13H20N2O2. The van der Waals surface area contributed by atoms with Crippen molar-refractivity contribution in [2.24, 2.45) is 0 Å². The molecule has 1 aromatic rings. The second kappa shape index (κ2) is 5.36. The summed E-state index contributed by atoms with van der Waals surface area (Å²) < 4.78 is 2.01. The van der Waals surface area contributed by atoms with Crippen LogP contribution in [-0.2, 0) is 6.54 Å². The molecule has 1 aliphatic heterocycles. The average Bonchev–Trinajstić information content (AvgIpc) is 2.78. The third kappa shape index (κ3) is 2.69. The molecule has 4 heteroatoms. The van der Waals surface area contributed by atoms with E-state index >= 15 is 0 Å². The Kier molecular flexibility index (Phi) is 3.84. The number of amides is 1. The number of piperidine rings is 1. The lowest BCUT2D eigenvalue weighted by Crippen LogP contribution is -2.40. The third-order valence-corrected chi connectivity index (χ3v) is 3.26. The van der Waals surface area contributed by atoms with Gasteiger partial charge in [-0.1, -0.05) is 6.92 Å². The first kappa shape index (κ1) is 12.2. The average molecular weight is 236 g/mol. The van der Waals surface area contributed by atoms with Crippen molar-refractivity contribution in [3.63, 3.8) is 0 Å². The van der Waals surface area contributed by atoms with Gasteiger partial charge in [-0.3, -0.25) is 4.79 Å². The predicted octanol–water partition coefficient (Wildman–Crippen LogP) is 1.49. The zero-order valence-corrected chi connectivity index (χ0v) is 10.3. The molecule has 2 heterocycles. The summed E-state index contributed by atoms with van der Waals surface area (Å²) in [5.74, 6) is 0.0929. The highest BCUT2D eigenvalue weighted by atomic mass is 16.3. The maximum atomic E-state index is 12.3. The lowest BCUT2D eigenvalue weighted by atomic mass is 10.1. The summed E-state index contributed by atoms with van der Waals surface area (Å²) in [7, 11) is 0. The van der Waals surface area contributed by atoms with Crippen LogP contribution < -0.4 is 0 Å². The van der Waals surface area contributed by atoms with Crippen LogP contribution in [0.5, 0.6) is 0 Å². The Morgan fingerprint density at radius 2 is 2.18 bits per heavy atom. The van der Waals surface area contributed by atoms with Crippen LogP contribution in [0.25, 0.3) is 0 Å². The molecule has 1 N–H and O–H groups in total. The highest BCUT2D eigenvalue weighted by molar-refractivity contribution is 5.92. The molecule has 1 aliphatic rings. The summed E-state index contributed by atoms with van der Waals surface area (Å²) in [6.07, 6.45) is 4.13. The van der Waals surface area contributed by atoms with Crippen LogP contribution in [0.4, 0.5) is 0 Å². The van der Waals surface area contributed by atoms with Crippen molar-refractivity contribution >= 4 is 5.91 Å². The van der Waals surface area contributed by atoms with Crippen LogP contribution >= 0.6 is 0 Å². The number of hydrogen-bond donors (Lipinski definition) is 1. The van der Waals surface area contributed by atoms with E-state index in [9.17, 15) is 9.90 Å². The number of likely N-dealkylation sites (tertiary alicyclic amines) is 1. The number of hydrogen-bond acceptors (Lipinski definition) is 2. The molecule has 0 aromatic carbocycles. The molecule has 0 spiro atoms. The van der Waals surface area contributed by atoms with Crippen LogP contribution in [0.2, 0.25) is 0 Å². The van der Waals surface area contributed by atoms with E-state index in [1.807, 2.05) is 27.8 Å². The minimum absolute atomic E-state index is 0.0929. The normalized spacial score (nSPS) is 17.4. The largest absolute Gasteiger partial charge is 0.393 e. The molecule has 1 fully saturated rings. The van der Waals surface area contributed by atoms with Gasteiger partial charge in [0.05, 0.1) is 6.10 Å². The second-order valence-corrected chi connectivity index (χ2v) is 4.61. The molecule has 94 valence electrons. The minimum atomic E-state index is -0.235. The molecule has 1 aromatic heterocycles. The quantitative estimate of drug-likeness (QED) is 0.864. The van der Waals surface area contributed by atoms with Gasteiger partial charge in [0, 0.05) is 25.8 Å². The van der Waals surface area contributed by atoms with Crippen LogP contribution in [0.3, 0.4) is 0 Å². The number of aromatic nitrogens is 1. The Labute approximate surface area is 102 Å². The van der Waals surface area contributed by atoms with Crippen molar-refractivity contribution < 1.29 is 9.90 Å². The van der Waals surface area contributed by atoms with Crippen molar-refractivity contribution in [3.05, 3.63) is 24.0 Å². The van der Waals surface area contributed by atoms with E-state index in [4.69, 9.17) is 0 Å². The number of aliphatic hydroxyl groups excluding tert-OH is 1. The second-order valence-electron chi connectivity index (χ2n) is 4.61. The number of nitrogens with zero attached hydrogens (tertiary/aromatic N) is 2. The van der Waals surface area contributed by atoms with E-state index in [0.717, 1.165) is 18.7 Å². The molecule has 1 saturated heterocycles. The van der Waals surface area contributed by atoms with Crippen molar-refractivity contribution in [3.8, 4) is 0 Å². The lowest BCUT2D eigenvalue weighted by Gasteiger charge is -2.29. The van der Waals surface area contributed by atoms with Crippen LogP contribution in [0.1, 0.15) is 36.7 Å². The topological polar surface area (TPSA) is 45.5 Å². The minimum Gasteiger partial charge on any atom is -0.393 e. The SMILES string of the molecule is CCCn1cccc1C(=O)N1CCC(O)CC1. The fourth-order valence-corrected chi connectivity index (χ4v) is 2.28. The third-order valence-electron chi connectivity index (χ3n) is 3.26. The van der Waals surface area contributed by atoms with E-state index in [-0.39, 0.29) is 12.0 Å². The molecule has 4 nitrogen and oxygen atoms in total. The summed E-state index contributed by atoms with van der Waals surface area (Å²) in [6, 6.07) is 3.80. The molecular weight excluding hydrogens is 216 g/mol. The van der Waals surface area contributed by atoms with Crippen molar-refractivity contribution in [2.45, 2.75) is 38.8 Å². The molecule has 0 aliphatic carbocycles. The van der Waals surface area contributed by atoms with E-state index in [2.05, 4.69) is 6.92 Å². The van der Waals surface area contributed by atoms with Gasteiger partial charge in [0.2, 0.25) is 0 Å². The number of carbonyl (C=O) groups excluding carboxylic acids is 1. The maximum Gasteiger partial charge on any atom is 0.270 e. The molecule has 0 bridgehead atoms. The van der Waals surface area contributed by atoms with E-state index in [1.165, 1.54) is 0 Å². The predicted molar refractivity (Wildman–Crippen MR) is 65.9 cm³/mol. The van der Waals surface area contributed by atoms with Gasteiger partial charge in [0.15, 0.2) is 0 Å². The Bertz CT molecular complexity index is 379. The van der Waals surface area contributed by atoms with Gasteiger partial charge in [-0.25, -0.2) is 0 Å². The van der Waals surface area contributed by atoms with Gasteiger partial charge in [-0.05, 0) is 31.4 Å². The zero-order valence-electron chi connectivity index (χ0n) is 10.3. The first-order valence-corrected chi connectivity index (χ1v) is 6.35. The van der Waals surface area contributed by atoms with Gasteiger partial charge in [-0.15, -0.1) is 0 Å². The van der Waals surface area contributed by atoms with Crippen molar-refractivity contribution in [2.75, 3.05) is 13.1 Å². The monoisotopic (exact) mass is 236 g/mol. The van der Waals surface area contributed by atoms with Gasteiger partial charge >= 0.3 is 0 Å². The fraction of sp³-hybridized carbons (Fsp3) is 0.615. The van der Waals surface area contributed by atoms with Gasteiger partial charge in [-0.2, -0.15) is 0 Å².